The summed E-state index contributed by atoms with van der Waals surface area (Å²) in [4.78, 5) is 47.3. The molecule has 0 radical (unpaired) electrons. The molecule has 1 aromatic rings. The number of aliphatic carboxylic acids is 1. The fraction of sp³-hybridized carbons (Fsp3) is 0.421. The Morgan fingerprint density at radius 3 is 2.88 bits per heavy atom. The van der Waals surface area contributed by atoms with Gasteiger partial charge in [-0.25, -0.2) is 4.98 Å². The molecule has 11 nitrogen and oxygen atoms in total. The van der Waals surface area contributed by atoms with E-state index in [0.29, 0.717) is 17.9 Å². The quantitative estimate of drug-likeness (QED) is 0.165. The number of fused-ring (bicyclic) bond motifs is 1. The van der Waals surface area contributed by atoms with Gasteiger partial charge in [-0.15, -0.1) is 23.1 Å². The maximum Gasteiger partial charge on any atom is 1.00 e. The zero-order valence-corrected chi connectivity index (χ0v) is 21.6. The van der Waals surface area contributed by atoms with E-state index in [-0.39, 0.29) is 57.9 Å². The Balaban J connectivity index is 0.00000306. The van der Waals surface area contributed by atoms with E-state index in [1.54, 1.807) is 11.5 Å². The summed E-state index contributed by atoms with van der Waals surface area (Å²) < 4.78 is 5.52. The Bertz CT molecular complexity index is 1040. The first-order chi connectivity index (χ1) is 15.4. The molecule has 0 aliphatic carbocycles. The van der Waals surface area contributed by atoms with E-state index in [2.05, 4.69) is 15.5 Å². The molecular weight excluding hydrogens is 481 g/mol. The van der Waals surface area contributed by atoms with Gasteiger partial charge in [0.05, 0.1) is 17.8 Å². The minimum absolute atomic E-state index is 0. The average molecular weight is 502 g/mol. The largest absolute Gasteiger partial charge is 1.00 e. The van der Waals surface area contributed by atoms with Crippen molar-refractivity contribution < 1.29 is 58.6 Å². The van der Waals surface area contributed by atoms with Crippen LogP contribution in [0.25, 0.3) is 0 Å². The van der Waals surface area contributed by atoms with Crippen molar-refractivity contribution in [2.75, 3.05) is 25.2 Å². The van der Waals surface area contributed by atoms with Gasteiger partial charge in [0, 0.05) is 17.7 Å². The predicted molar refractivity (Wildman–Crippen MR) is 115 cm³/mol. The van der Waals surface area contributed by atoms with Crippen LogP contribution in [-0.2, 0) is 24.0 Å². The van der Waals surface area contributed by atoms with Crippen molar-refractivity contribution in [3.05, 3.63) is 34.5 Å². The first-order valence-electron chi connectivity index (χ1n) is 9.73. The van der Waals surface area contributed by atoms with Gasteiger partial charge >= 0.3 is 29.6 Å². The number of nitrogen functional groups attached to an aromatic ring is 1. The Hall–Kier alpha value is -1.90. The molecule has 0 saturated carbocycles. The maximum atomic E-state index is 12.8. The van der Waals surface area contributed by atoms with Gasteiger partial charge in [-0.3, -0.25) is 14.5 Å². The summed E-state index contributed by atoms with van der Waals surface area (Å²) in [5, 5.41) is 19.3. The molecule has 170 valence electrons. The number of thioether (sulfide) groups is 1. The number of carbonyl (C=O) groups excluding carboxylic acids is 3. The number of rotatable bonds is 7. The Kier molecular flexibility index (Phi) is 8.59. The minimum atomic E-state index is -1.44. The molecule has 1 unspecified atom stereocenters. The first kappa shape index (κ1) is 25.7. The third-order valence-electron chi connectivity index (χ3n) is 5.12. The number of carbonyl (C=O) groups is 3. The number of hydrogen-bond acceptors (Lipinski definition) is 11. The maximum absolute atomic E-state index is 12.8. The number of β-lactam (4-membered cyclic amide) rings is 1. The van der Waals surface area contributed by atoms with Gasteiger partial charge < -0.3 is 30.5 Å². The van der Waals surface area contributed by atoms with Crippen molar-refractivity contribution in [2.24, 2.45) is 5.16 Å². The molecule has 0 bridgehead atoms. The van der Waals surface area contributed by atoms with E-state index in [1.807, 2.05) is 6.08 Å². The molecule has 4 heterocycles. The van der Waals surface area contributed by atoms with Crippen LogP contribution in [0.5, 0.6) is 0 Å². The molecule has 1 aromatic heterocycles. The molecule has 2 amide bonds. The number of nitrogens with one attached hydrogen (secondary N) is 1. The summed E-state index contributed by atoms with van der Waals surface area (Å²) >= 11 is 2.48. The number of amides is 2. The van der Waals surface area contributed by atoms with Crippen molar-refractivity contribution in [3.8, 4) is 0 Å². The molecule has 2 saturated heterocycles. The molecule has 33 heavy (non-hydrogen) atoms. The van der Waals surface area contributed by atoms with E-state index in [0.717, 1.165) is 29.1 Å². The van der Waals surface area contributed by atoms with Gasteiger partial charge in [0.25, 0.3) is 11.8 Å². The zero-order chi connectivity index (χ0) is 22.8. The zero-order valence-electron chi connectivity index (χ0n) is 18.0. The smallest absolute Gasteiger partial charge is 0.543 e. The fourth-order valence-corrected chi connectivity index (χ4v) is 5.51. The summed E-state index contributed by atoms with van der Waals surface area (Å²) in [7, 11) is 1.28. The van der Waals surface area contributed by atoms with Crippen LogP contribution in [0.2, 0.25) is 0 Å². The molecule has 3 N–H and O–H groups in total. The number of carboxylic acid groups (broad SMARTS) is 1. The number of thiazole rings is 1. The van der Waals surface area contributed by atoms with Crippen LogP contribution < -0.4 is 45.7 Å². The Morgan fingerprint density at radius 1 is 1.48 bits per heavy atom. The molecule has 2 fully saturated rings. The van der Waals surface area contributed by atoms with E-state index in [1.165, 1.54) is 18.9 Å². The number of ether oxygens (including phenoxy) is 1. The minimum Gasteiger partial charge on any atom is -0.543 e. The Morgan fingerprint density at radius 2 is 2.27 bits per heavy atom. The second-order valence-corrected chi connectivity index (χ2v) is 9.12. The molecule has 3 aliphatic rings. The van der Waals surface area contributed by atoms with Crippen LogP contribution in [0, 0.1) is 0 Å². The molecular formula is C19H20N5NaO6S2. The summed E-state index contributed by atoms with van der Waals surface area (Å²) in [6.07, 6.45) is 5.24. The molecule has 0 spiro atoms. The second-order valence-electron chi connectivity index (χ2n) is 7.13. The van der Waals surface area contributed by atoms with Crippen LogP contribution in [0.3, 0.4) is 0 Å². The van der Waals surface area contributed by atoms with Crippen molar-refractivity contribution in [1.29, 1.82) is 0 Å². The molecule has 3 aliphatic heterocycles. The third kappa shape index (κ3) is 5.28. The van der Waals surface area contributed by atoms with Crippen LogP contribution in [-0.4, -0.2) is 70.4 Å². The van der Waals surface area contributed by atoms with Crippen LogP contribution in [0.15, 0.2) is 34.0 Å². The van der Waals surface area contributed by atoms with Crippen molar-refractivity contribution in [1.82, 2.24) is 15.2 Å². The summed E-state index contributed by atoms with van der Waals surface area (Å²) in [5.74, 6) is -2.33. The number of anilines is 1. The van der Waals surface area contributed by atoms with E-state index in [4.69, 9.17) is 15.3 Å². The normalized spacial score (nSPS) is 24.9. The average Bonchev–Trinajstić information content (AvgIpc) is 3.45. The van der Waals surface area contributed by atoms with Crippen molar-refractivity contribution in [2.45, 2.75) is 30.4 Å². The van der Waals surface area contributed by atoms with Crippen molar-refractivity contribution in [3.63, 3.8) is 0 Å². The standard InChI is InChI=1S/C19H21N5O6S2.Na/c1-29-23-12(11-8-32-19(20)21-11)15(25)22-13-16(26)24-14(18(27)28)9(7-31-17(13)24)4-5-10-3-2-6-30-10;/h4-5,8,10,13,17H,2-3,6-7H2,1H3,(H2,20,21)(H,22,25)(H,27,28);/q;+1/p-1/b5-4+,23-12-;/t10?,13-,17+;/m1./s1. The van der Waals surface area contributed by atoms with Crippen molar-refractivity contribution >= 4 is 51.7 Å². The van der Waals surface area contributed by atoms with Gasteiger partial charge in [-0.2, -0.15) is 0 Å². The van der Waals surface area contributed by atoms with Gasteiger partial charge in [0.2, 0.25) is 0 Å². The van der Waals surface area contributed by atoms with Crippen LogP contribution >= 0.6 is 23.1 Å². The summed E-state index contributed by atoms with van der Waals surface area (Å²) in [6, 6.07) is -0.927. The van der Waals surface area contributed by atoms with Crippen LogP contribution in [0.4, 0.5) is 5.13 Å². The predicted octanol–water partition coefficient (Wildman–Crippen LogP) is -3.78. The molecule has 14 heteroatoms. The monoisotopic (exact) mass is 501 g/mol. The van der Waals surface area contributed by atoms with E-state index < -0.39 is 29.2 Å². The summed E-state index contributed by atoms with van der Waals surface area (Å²) in [5.41, 5.74) is 5.98. The Labute approximate surface area is 219 Å². The number of nitrogens with two attached hydrogens (primary N) is 1. The summed E-state index contributed by atoms with van der Waals surface area (Å²) in [6.45, 7) is 0.673. The van der Waals surface area contributed by atoms with Gasteiger partial charge in [0.15, 0.2) is 10.8 Å². The van der Waals surface area contributed by atoms with Gasteiger partial charge in [-0.1, -0.05) is 17.3 Å². The molecule has 3 atom stereocenters. The second kappa shape index (κ2) is 11.0. The molecule has 0 aromatic carbocycles. The van der Waals surface area contributed by atoms with E-state index >= 15 is 0 Å². The molecule has 4 rings (SSSR count). The van der Waals surface area contributed by atoms with Gasteiger partial charge in [-0.05, 0) is 18.4 Å². The fourth-order valence-electron chi connectivity index (χ4n) is 3.64. The number of hydrogen-bond donors (Lipinski definition) is 2. The van der Waals surface area contributed by atoms with Crippen LogP contribution in [0.1, 0.15) is 18.5 Å². The third-order valence-corrected chi connectivity index (χ3v) is 7.09. The number of allylic oxidation sites excluding steroid dienone is 1. The SMILES string of the molecule is CO/N=C(\C(=O)N[C@@H]1C(=O)N2C(C(=O)[O-])=C(/C=C/C3CCCO3)CS[C@@H]12)c1csc(N)n1.[Na+]. The van der Waals surface area contributed by atoms with E-state index in [9.17, 15) is 19.5 Å². The van der Waals surface area contributed by atoms with Gasteiger partial charge in [0.1, 0.15) is 24.2 Å². The number of aromatic nitrogens is 1. The number of oxime groups is 1. The number of nitrogens with zero attached hydrogens (tertiary/aromatic N) is 3. The topological polar surface area (TPSA) is 159 Å². The first-order valence-corrected chi connectivity index (χ1v) is 11.7. The number of carboxylic acids is 1.